The first-order valence-corrected chi connectivity index (χ1v) is 6.29. The van der Waals surface area contributed by atoms with E-state index in [1.54, 1.807) is 12.1 Å². The molecule has 1 N–H and O–H groups in total. The molecule has 1 atom stereocenters. The Kier molecular flexibility index (Phi) is 3.99. The maximum atomic E-state index is 13.3. The molecular weight excluding hydrogens is 231 g/mol. The third-order valence-corrected chi connectivity index (χ3v) is 3.38. The molecule has 0 heterocycles. The van der Waals surface area contributed by atoms with Crippen LogP contribution < -0.4 is 4.72 Å². The molecule has 0 radical (unpaired) electrons. The van der Waals surface area contributed by atoms with Crippen LogP contribution in [-0.2, 0) is 10.0 Å². The Morgan fingerprint density at radius 1 is 1.50 bits per heavy atom. The number of hydrogen-bond acceptors (Lipinski definition) is 3. The lowest BCUT2D eigenvalue weighted by Crippen LogP contribution is -2.29. The normalized spacial score (nSPS) is 13.1. The van der Waals surface area contributed by atoms with Crippen molar-refractivity contribution in [3.05, 3.63) is 35.6 Å². The smallest absolute Gasteiger partial charge is 0.212 e. The second-order valence-electron chi connectivity index (χ2n) is 3.10. The molecule has 6 heteroatoms. The maximum absolute atomic E-state index is 13.3. The molecule has 0 bridgehead atoms. The third kappa shape index (κ3) is 3.02. The minimum absolute atomic E-state index is 0.0297. The summed E-state index contributed by atoms with van der Waals surface area (Å²) in [7, 11) is -3.53. The van der Waals surface area contributed by atoms with Crippen molar-refractivity contribution in [1.29, 1.82) is 5.26 Å². The van der Waals surface area contributed by atoms with E-state index in [9.17, 15) is 12.8 Å². The van der Waals surface area contributed by atoms with Gasteiger partial charge in [0.1, 0.15) is 11.9 Å². The highest BCUT2D eigenvalue weighted by atomic mass is 32.2. The van der Waals surface area contributed by atoms with Gasteiger partial charge in [-0.2, -0.15) is 9.98 Å². The summed E-state index contributed by atoms with van der Waals surface area (Å²) in [5.41, 5.74) is 0.0297. The quantitative estimate of drug-likeness (QED) is 0.865. The Balaban J connectivity index is 3.02. The molecule has 1 rings (SSSR count). The van der Waals surface area contributed by atoms with Gasteiger partial charge in [0.05, 0.1) is 11.8 Å². The summed E-state index contributed by atoms with van der Waals surface area (Å²) in [4.78, 5) is 0. The van der Waals surface area contributed by atoms with E-state index in [1.807, 2.05) is 0 Å². The standard InChI is InChI=1S/C10H11FN2O2S/c1-2-16(14,15)13-10(7-12)8-5-3-4-6-9(8)11/h3-6,10,13H,2H2,1H3. The molecule has 86 valence electrons. The topological polar surface area (TPSA) is 70.0 Å². The van der Waals surface area contributed by atoms with Gasteiger partial charge in [0.25, 0.3) is 0 Å². The van der Waals surface area contributed by atoms with Crippen LogP contribution in [0.2, 0.25) is 0 Å². The van der Waals surface area contributed by atoms with E-state index in [0.717, 1.165) is 0 Å². The number of benzene rings is 1. The summed E-state index contributed by atoms with van der Waals surface area (Å²) in [5.74, 6) is -0.757. The number of nitrogens with one attached hydrogen (secondary N) is 1. The molecular formula is C10H11FN2O2S. The van der Waals surface area contributed by atoms with Crippen LogP contribution in [0.1, 0.15) is 18.5 Å². The minimum Gasteiger partial charge on any atom is -0.212 e. The van der Waals surface area contributed by atoms with E-state index in [2.05, 4.69) is 4.72 Å². The van der Waals surface area contributed by atoms with Crippen molar-refractivity contribution in [2.45, 2.75) is 13.0 Å². The fraction of sp³-hybridized carbons (Fsp3) is 0.300. The molecule has 0 amide bonds. The molecule has 0 aromatic heterocycles. The van der Waals surface area contributed by atoms with Crippen molar-refractivity contribution in [3.8, 4) is 6.07 Å². The lowest BCUT2D eigenvalue weighted by molar-refractivity contribution is 0.565. The predicted octanol–water partition coefficient (Wildman–Crippen LogP) is 1.33. The highest BCUT2D eigenvalue weighted by Crippen LogP contribution is 2.16. The first-order chi connectivity index (χ1) is 7.50. The van der Waals surface area contributed by atoms with Gasteiger partial charge in [-0.3, -0.25) is 0 Å². The SMILES string of the molecule is CCS(=O)(=O)NC(C#N)c1ccccc1F. The van der Waals surface area contributed by atoms with Crippen molar-refractivity contribution in [1.82, 2.24) is 4.72 Å². The van der Waals surface area contributed by atoms with Crippen LogP contribution >= 0.6 is 0 Å². The monoisotopic (exact) mass is 242 g/mol. The van der Waals surface area contributed by atoms with Gasteiger partial charge in [0.15, 0.2) is 0 Å². The molecule has 16 heavy (non-hydrogen) atoms. The third-order valence-electron chi connectivity index (χ3n) is 2.02. The summed E-state index contributed by atoms with van der Waals surface area (Å²) in [6.07, 6.45) is 0. The van der Waals surface area contributed by atoms with Crippen molar-refractivity contribution in [3.63, 3.8) is 0 Å². The molecule has 0 aliphatic rings. The number of rotatable bonds is 4. The predicted molar refractivity (Wildman–Crippen MR) is 57.4 cm³/mol. The number of nitriles is 1. The van der Waals surface area contributed by atoms with Crippen LogP contribution in [0.4, 0.5) is 4.39 Å². The Hall–Kier alpha value is -1.45. The zero-order valence-electron chi connectivity index (χ0n) is 8.64. The van der Waals surface area contributed by atoms with E-state index in [4.69, 9.17) is 5.26 Å². The first-order valence-electron chi connectivity index (χ1n) is 4.64. The van der Waals surface area contributed by atoms with E-state index in [-0.39, 0.29) is 11.3 Å². The summed E-state index contributed by atoms with van der Waals surface area (Å²) in [6.45, 7) is 1.44. The number of hydrogen-bond donors (Lipinski definition) is 1. The minimum atomic E-state index is -3.53. The van der Waals surface area contributed by atoms with Crippen LogP contribution in [0.15, 0.2) is 24.3 Å². The van der Waals surface area contributed by atoms with Crippen molar-refractivity contribution in [2.24, 2.45) is 0 Å². The van der Waals surface area contributed by atoms with E-state index in [1.165, 1.54) is 25.1 Å². The van der Waals surface area contributed by atoms with Crippen molar-refractivity contribution >= 4 is 10.0 Å². The lowest BCUT2D eigenvalue weighted by atomic mass is 10.1. The summed E-state index contributed by atoms with van der Waals surface area (Å²) in [6, 6.07) is 6.11. The van der Waals surface area contributed by atoms with E-state index < -0.39 is 21.9 Å². The molecule has 0 fully saturated rings. The van der Waals surface area contributed by atoms with Gasteiger partial charge in [-0.25, -0.2) is 12.8 Å². The Labute approximate surface area is 93.8 Å². The molecule has 1 aromatic carbocycles. The van der Waals surface area contributed by atoms with Gasteiger partial charge < -0.3 is 0 Å². The summed E-state index contributed by atoms with van der Waals surface area (Å²) in [5, 5.41) is 8.82. The molecule has 0 saturated carbocycles. The van der Waals surface area contributed by atoms with Crippen LogP contribution in [0.3, 0.4) is 0 Å². The van der Waals surface area contributed by atoms with Gasteiger partial charge >= 0.3 is 0 Å². The average Bonchev–Trinajstić information content (AvgIpc) is 2.27. The summed E-state index contributed by atoms with van der Waals surface area (Å²) < 4.78 is 38.0. The van der Waals surface area contributed by atoms with Gasteiger partial charge in [-0.05, 0) is 13.0 Å². The fourth-order valence-corrected chi connectivity index (χ4v) is 1.84. The van der Waals surface area contributed by atoms with Crippen molar-refractivity contribution < 1.29 is 12.8 Å². The highest BCUT2D eigenvalue weighted by molar-refractivity contribution is 7.89. The Morgan fingerprint density at radius 2 is 2.12 bits per heavy atom. The molecule has 4 nitrogen and oxygen atoms in total. The van der Waals surface area contributed by atoms with Crippen LogP contribution in [0.25, 0.3) is 0 Å². The second kappa shape index (κ2) is 5.05. The van der Waals surface area contributed by atoms with E-state index in [0.29, 0.717) is 0 Å². The zero-order chi connectivity index (χ0) is 12.2. The van der Waals surface area contributed by atoms with Gasteiger partial charge in [0, 0.05) is 5.56 Å². The Bertz CT molecular complexity index is 508. The number of halogens is 1. The fourth-order valence-electron chi connectivity index (χ4n) is 1.13. The van der Waals surface area contributed by atoms with Crippen LogP contribution in [0.5, 0.6) is 0 Å². The second-order valence-corrected chi connectivity index (χ2v) is 5.15. The molecule has 1 aromatic rings. The van der Waals surface area contributed by atoms with Crippen LogP contribution in [0, 0.1) is 17.1 Å². The Morgan fingerprint density at radius 3 is 2.62 bits per heavy atom. The molecule has 0 saturated heterocycles. The zero-order valence-corrected chi connectivity index (χ0v) is 9.46. The van der Waals surface area contributed by atoms with Gasteiger partial charge in [-0.15, -0.1) is 0 Å². The number of nitrogens with zero attached hydrogens (tertiary/aromatic N) is 1. The van der Waals surface area contributed by atoms with E-state index >= 15 is 0 Å². The maximum Gasteiger partial charge on any atom is 0.212 e. The first kappa shape index (κ1) is 12.6. The molecule has 0 aliphatic carbocycles. The lowest BCUT2D eigenvalue weighted by Gasteiger charge is -2.11. The van der Waals surface area contributed by atoms with Gasteiger partial charge in [-0.1, -0.05) is 18.2 Å². The number of sulfonamides is 1. The molecule has 0 spiro atoms. The summed E-state index contributed by atoms with van der Waals surface area (Å²) >= 11 is 0. The average molecular weight is 242 g/mol. The van der Waals surface area contributed by atoms with Crippen molar-refractivity contribution in [2.75, 3.05) is 5.75 Å². The molecule has 0 aliphatic heterocycles. The van der Waals surface area contributed by atoms with Gasteiger partial charge in [0.2, 0.25) is 10.0 Å². The largest absolute Gasteiger partial charge is 0.212 e. The molecule has 1 unspecified atom stereocenters. The highest BCUT2D eigenvalue weighted by Gasteiger charge is 2.19. The van der Waals surface area contributed by atoms with Crippen LogP contribution in [-0.4, -0.2) is 14.2 Å².